The molecule has 1 aliphatic heterocycles. The van der Waals surface area contributed by atoms with Crippen LogP contribution in [-0.2, 0) is 9.31 Å². The molecule has 0 saturated carbocycles. The molecular formula is C24H23BO2S. The van der Waals surface area contributed by atoms with E-state index in [0.717, 1.165) is 5.46 Å². The lowest BCUT2D eigenvalue weighted by Crippen LogP contribution is -2.41. The van der Waals surface area contributed by atoms with Crippen molar-refractivity contribution in [1.29, 1.82) is 0 Å². The quantitative estimate of drug-likeness (QED) is 0.392. The molecule has 1 saturated heterocycles. The predicted molar refractivity (Wildman–Crippen MR) is 120 cm³/mol. The van der Waals surface area contributed by atoms with E-state index in [0.29, 0.717) is 0 Å². The fourth-order valence-corrected chi connectivity index (χ4v) is 4.86. The van der Waals surface area contributed by atoms with Gasteiger partial charge in [-0.3, -0.25) is 0 Å². The normalized spacial score (nSPS) is 18.2. The van der Waals surface area contributed by atoms with Crippen molar-refractivity contribution in [2.75, 3.05) is 0 Å². The molecule has 0 bridgehead atoms. The van der Waals surface area contributed by atoms with Crippen molar-refractivity contribution in [2.45, 2.75) is 38.9 Å². The minimum Gasteiger partial charge on any atom is -0.399 e. The Balaban J connectivity index is 1.47. The molecule has 0 N–H and O–H groups in total. The molecule has 1 aliphatic rings. The Bertz CT molecular complexity index is 1160. The van der Waals surface area contributed by atoms with Crippen molar-refractivity contribution in [1.82, 2.24) is 0 Å². The van der Waals surface area contributed by atoms with Gasteiger partial charge in [-0.25, -0.2) is 0 Å². The predicted octanol–water partition coefficient (Wildman–Crippen LogP) is 6.02. The molecule has 2 heterocycles. The highest BCUT2D eigenvalue weighted by atomic mass is 32.1. The summed E-state index contributed by atoms with van der Waals surface area (Å²) in [6.45, 7) is 8.34. The van der Waals surface area contributed by atoms with Crippen molar-refractivity contribution in [3.63, 3.8) is 0 Å². The molecule has 2 nitrogen and oxygen atoms in total. The largest absolute Gasteiger partial charge is 0.494 e. The number of fused-ring (bicyclic) bond motifs is 3. The second-order valence-corrected chi connectivity index (χ2v) is 9.60. The van der Waals surface area contributed by atoms with Gasteiger partial charge in [-0.15, -0.1) is 11.3 Å². The van der Waals surface area contributed by atoms with Crippen molar-refractivity contribution in [3.8, 4) is 11.1 Å². The zero-order valence-electron chi connectivity index (χ0n) is 16.7. The van der Waals surface area contributed by atoms with Gasteiger partial charge in [-0.05, 0) is 56.4 Å². The van der Waals surface area contributed by atoms with Gasteiger partial charge in [0, 0.05) is 20.2 Å². The Morgan fingerprint density at radius 3 is 2.00 bits per heavy atom. The van der Waals surface area contributed by atoms with Gasteiger partial charge in [0.2, 0.25) is 0 Å². The third-order valence-electron chi connectivity index (χ3n) is 6.15. The second-order valence-electron chi connectivity index (χ2n) is 8.52. The Morgan fingerprint density at radius 1 is 0.679 bits per heavy atom. The maximum Gasteiger partial charge on any atom is 0.494 e. The molecule has 1 aromatic heterocycles. The van der Waals surface area contributed by atoms with E-state index in [2.05, 4.69) is 94.4 Å². The van der Waals surface area contributed by atoms with E-state index < -0.39 is 0 Å². The molecule has 0 atom stereocenters. The number of thiophene rings is 1. The first kappa shape index (κ1) is 17.9. The Kier molecular flexibility index (Phi) is 3.96. The third kappa shape index (κ3) is 2.79. The van der Waals surface area contributed by atoms with Gasteiger partial charge in [0.15, 0.2) is 0 Å². The summed E-state index contributed by atoms with van der Waals surface area (Å²) < 4.78 is 15.0. The summed E-state index contributed by atoms with van der Waals surface area (Å²) in [6.07, 6.45) is 0. The van der Waals surface area contributed by atoms with Crippen molar-refractivity contribution in [3.05, 3.63) is 66.7 Å². The summed E-state index contributed by atoms with van der Waals surface area (Å²) >= 11 is 1.85. The Labute approximate surface area is 170 Å². The van der Waals surface area contributed by atoms with Crippen molar-refractivity contribution < 1.29 is 9.31 Å². The van der Waals surface area contributed by atoms with E-state index in [-0.39, 0.29) is 18.3 Å². The molecule has 0 amide bonds. The van der Waals surface area contributed by atoms with Gasteiger partial charge in [0.25, 0.3) is 0 Å². The lowest BCUT2D eigenvalue weighted by atomic mass is 9.78. The van der Waals surface area contributed by atoms with Gasteiger partial charge in [-0.1, -0.05) is 54.6 Å². The van der Waals surface area contributed by atoms with Crippen LogP contribution in [-0.4, -0.2) is 18.3 Å². The maximum atomic E-state index is 6.17. The molecule has 140 valence electrons. The first-order chi connectivity index (χ1) is 13.3. The third-order valence-corrected chi connectivity index (χ3v) is 7.28. The van der Waals surface area contributed by atoms with E-state index >= 15 is 0 Å². The van der Waals surface area contributed by atoms with Gasteiger partial charge >= 0.3 is 7.12 Å². The van der Waals surface area contributed by atoms with Crippen LogP contribution in [0.25, 0.3) is 31.3 Å². The van der Waals surface area contributed by atoms with Crippen LogP contribution >= 0.6 is 11.3 Å². The number of rotatable bonds is 2. The molecule has 5 rings (SSSR count). The maximum absolute atomic E-state index is 6.17. The molecule has 4 aromatic rings. The summed E-state index contributed by atoms with van der Waals surface area (Å²) in [5.41, 5.74) is 2.87. The number of hydrogen-bond acceptors (Lipinski definition) is 3. The van der Waals surface area contributed by atoms with E-state index in [1.165, 1.54) is 31.3 Å². The smallest absolute Gasteiger partial charge is 0.399 e. The minimum absolute atomic E-state index is 0.316. The van der Waals surface area contributed by atoms with Gasteiger partial charge in [0.05, 0.1) is 11.2 Å². The van der Waals surface area contributed by atoms with Crippen LogP contribution in [0.1, 0.15) is 27.7 Å². The lowest BCUT2D eigenvalue weighted by molar-refractivity contribution is 0.00578. The molecule has 3 aromatic carbocycles. The highest BCUT2D eigenvalue weighted by Gasteiger charge is 2.51. The summed E-state index contributed by atoms with van der Waals surface area (Å²) in [7, 11) is -0.316. The van der Waals surface area contributed by atoms with Crippen LogP contribution in [0.4, 0.5) is 0 Å². The molecule has 1 fully saturated rings. The van der Waals surface area contributed by atoms with Crippen LogP contribution in [0, 0.1) is 0 Å². The first-order valence-corrected chi connectivity index (χ1v) is 10.5. The fourth-order valence-electron chi connectivity index (χ4n) is 3.72. The highest BCUT2D eigenvalue weighted by Crippen LogP contribution is 2.37. The Morgan fingerprint density at radius 2 is 1.29 bits per heavy atom. The molecule has 28 heavy (non-hydrogen) atoms. The summed E-state index contributed by atoms with van der Waals surface area (Å²) in [5, 5.41) is 2.67. The molecule has 0 spiro atoms. The minimum atomic E-state index is -0.317. The van der Waals surface area contributed by atoms with Crippen LogP contribution in [0.3, 0.4) is 0 Å². The number of benzene rings is 3. The van der Waals surface area contributed by atoms with Crippen LogP contribution in [0.15, 0.2) is 66.7 Å². The van der Waals surface area contributed by atoms with E-state index in [1.54, 1.807) is 0 Å². The molecule has 4 heteroatoms. The monoisotopic (exact) mass is 386 g/mol. The molecule has 0 radical (unpaired) electrons. The van der Waals surface area contributed by atoms with E-state index in [4.69, 9.17) is 9.31 Å². The van der Waals surface area contributed by atoms with Crippen LogP contribution < -0.4 is 5.46 Å². The lowest BCUT2D eigenvalue weighted by Gasteiger charge is -2.32. The molecule has 0 unspecified atom stereocenters. The average Bonchev–Trinajstić information content (AvgIpc) is 3.15. The van der Waals surface area contributed by atoms with E-state index in [1.807, 2.05) is 11.3 Å². The van der Waals surface area contributed by atoms with Crippen molar-refractivity contribution in [2.24, 2.45) is 0 Å². The average molecular weight is 386 g/mol. The zero-order chi connectivity index (χ0) is 19.5. The zero-order valence-corrected chi connectivity index (χ0v) is 17.5. The van der Waals surface area contributed by atoms with Crippen LogP contribution in [0.2, 0.25) is 0 Å². The first-order valence-electron chi connectivity index (χ1n) is 9.71. The standard InChI is InChI=1S/C24H23BO2S/c1-23(2)24(3,4)27-25(26-23)18-12-9-16(10-13-18)17-11-14-20-19-7-5-6-8-21(19)28-22(20)15-17/h5-15H,1-4H3. The summed E-state index contributed by atoms with van der Waals surface area (Å²) in [6, 6.07) is 23.9. The van der Waals surface area contributed by atoms with Gasteiger partial charge in [0.1, 0.15) is 0 Å². The summed E-state index contributed by atoms with van der Waals surface area (Å²) in [5.74, 6) is 0. The van der Waals surface area contributed by atoms with Gasteiger partial charge < -0.3 is 9.31 Å². The van der Waals surface area contributed by atoms with Gasteiger partial charge in [-0.2, -0.15) is 0 Å². The second kappa shape index (κ2) is 6.18. The number of hydrogen-bond donors (Lipinski definition) is 0. The van der Waals surface area contributed by atoms with Crippen molar-refractivity contribution >= 4 is 44.1 Å². The molecular weight excluding hydrogens is 363 g/mol. The van der Waals surface area contributed by atoms with Crippen LogP contribution in [0.5, 0.6) is 0 Å². The van der Waals surface area contributed by atoms with E-state index in [9.17, 15) is 0 Å². The fraction of sp³-hybridized carbons (Fsp3) is 0.250. The topological polar surface area (TPSA) is 18.5 Å². The SMILES string of the molecule is CC1(C)OB(c2ccc(-c3ccc4c(c3)sc3ccccc34)cc2)OC1(C)C. The summed E-state index contributed by atoms with van der Waals surface area (Å²) in [4.78, 5) is 0. The molecule has 0 aliphatic carbocycles. The Hall–Kier alpha value is -2.14. The highest BCUT2D eigenvalue weighted by molar-refractivity contribution is 7.25.